The molecule has 0 bridgehead atoms. The number of nitro groups is 1. The SMILES string of the molecule is Cn1c([N+](=O)[O-])cnc1-c1nccc(N=Nc2ccc(Cl)cc2)n1. The summed E-state index contributed by atoms with van der Waals surface area (Å²) >= 11 is 5.81. The van der Waals surface area contributed by atoms with Crippen LogP contribution in [0, 0.1) is 10.1 Å². The summed E-state index contributed by atoms with van der Waals surface area (Å²) in [6.45, 7) is 0. The van der Waals surface area contributed by atoms with E-state index in [-0.39, 0.29) is 17.5 Å². The predicted molar refractivity (Wildman–Crippen MR) is 86.5 cm³/mol. The molecule has 9 nitrogen and oxygen atoms in total. The van der Waals surface area contributed by atoms with Crippen molar-refractivity contribution in [1.82, 2.24) is 19.5 Å². The minimum absolute atomic E-state index is 0.151. The zero-order chi connectivity index (χ0) is 17.1. The van der Waals surface area contributed by atoms with Gasteiger partial charge >= 0.3 is 5.82 Å². The molecule has 0 aliphatic carbocycles. The Bertz CT molecular complexity index is 921. The van der Waals surface area contributed by atoms with Crippen LogP contribution in [0.4, 0.5) is 17.3 Å². The van der Waals surface area contributed by atoms with Gasteiger partial charge in [-0.25, -0.2) is 19.5 Å². The van der Waals surface area contributed by atoms with Crippen LogP contribution < -0.4 is 0 Å². The smallest absolute Gasteiger partial charge is 0.343 e. The zero-order valence-corrected chi connectivity index (χ0v) is 13.1. The average Bonchev–Trinajstić information content (AvgIpc) is 2.96. The molecule has 3 rings (SSSR count). The van der Waals surface area contributed by atoms with E-state index in [9.17, 15) is 10.1 Å². The third-order valence-electron chi connectivity index (χ3n) is 3.09. The lowest BCUT2D eigenvalue weighted by Gasteiger charge is -1.98. The Balaban J connectivity index is 1.89. The highest BCUT2D eigenvalue weighted by atomic mass is 35.5. The van der Waals surface area contributed by atoms with E-state index in [4.69, 9.17) is 11.6 Å². The molecule has 0 spiro atoms. The third-order valence-corrected chi connectivity index (χ3v) is 3.34. The van der Waals surface area contributed by atoms with Crippen LogP contribution in [0.5, 0.6) is 0 Å². The maximum absolute atomic E-state index is 10.9. The van der Waals surface area contributed by atoms with Crippen LogP contribution in [-0.4, -0.2) is 24.4 Å². The van der Waals surface area contributed by atoms with E-state index in [0.717, 1.165) is 6.20 Å². The number of benzene rings is 1. The van der Waals surface area contributed by atoms with Gasteiger partial charge in [0.05, 0.1) is 12.7 Å². The quantitative estimate of drug-likeness (QED) is 0.405. The summed E-state index contributed by atoms with van der Waals surface area (Å²) < 4.78 is 1.30. The number of azo groups is 1. The van der Waals surface area contributed by atoms with Gasteiger partial charge in [0.15, 0.2) is 5.82 Å². The lowest BCUT2D eigenvalue weighted by atomic mass is 10.3. The van der Waals surface area contributed by atoms with Gasteiger partial charge in [-0.2, -0.15) is 0 Å². The molecule has 0 N–H and O–H groups in total. The highest BCUT2D eigenvalue weighted by Gasteiger charge is 2.20. The van der Waals surface area contributed by atoms with Crippen LogP contribution >= 0.6 is 11.6 Å². The molecule has 0 saturated carbocycles. The number of nitrogens with zero attached hydrogens (tertiary/aromatic N) is 7. The van der Waals surface area contributed by atoms with Crippen molar-refractivity contribution >= 4 is 28.9 Å². The highest BCUT2D eigenvalue weighted by Crippen LogP contribution is 2.22. The van der Waals surface area contributed by atoms with E-state index in [1.807, 2.05) is 0 Å². The van der Waals surface area contributed by atoms with Crippen LogP contribution in [-0.2, 0) is 7.05 Å². The Hall–Kier alpha value is -3.20. The minimum atomic E-state index is -0.527. The van der Waals surface area contributed by atoms with Crippen LogP contribution in [0.25, 0.3) is 11.6 Å². The molecule has 0 fully saturated rings. The normalized spacial score (nSPS) is 11.1. The second-order valence-corrected chi connectivity index (χ2v) is 5.11. The Kier molecular flexibility index (Phi) is 4.25. The lowest BCUT2D eigenvalue weighted by Crippen LogP contribution is -2.01. The summed E-state index contributed by atoms with van der Waals surface area (Å²) in [6.07, 6.45) is 2.64. The van der Waals surface area contributed by atoms with Crippen molar-refractivity contribution in [2.75, 3.05) is 0 Å². The van der Waals surface area contributed by atoms with Crippen LogP contribution in [0.15, 0.2) is 53.0 Å². The summed E-state index contributed by atoms with van der Waals surface area (Å²) in [6, 6.07) is 8.41. The topological polar surface area (TPSA) is 111 Å². The first kappa shape index (κ1) is 15.7. The molecule has 0 saturated heterocycles. The van der Waals surface area contributed by atoms with Gasteiger partial charge in [0.1, 0.15) is 6.20 Å². The van der Waals surface area contributed by atoms with Gasteiger partial charge in [-0.3, -0.25) is 0 Å². The van der Waals surface area contributed by atoms with Crippen molar-refractivity contribution in [3.63, 3.8) is 0 Å². The first-order valence-corrected chi connectivity index (χ1v) is 7.09. The molecule has 0 amide bonds. The van der Waals surface area contributed by atoms with Crippen molar-refractivity contribution in [3.8, 4) is 11.6 Å². The molecule has 3 aromatic rings. The number of hydrogen-bond donors (Lipinski definition) is 0. The summed E-state index contributed by atoms with van der Waals surface area (Å²) in [5, 5.41) is 19.6. The molecule has 1 aromatic carbocycles. The Morgan fingerprint density at radius 1 is 1.17 bits per heavy atom. The standard InChI is InChI=1S/C14H10ClN7O2/c1-21-12(22(23)24)8-17-14(21)13-16-7-6-11(18-13)20-19-10-4-2-9(15)3-5-10/h2-8H,1H3. The van der Waals surface area contributed by atoms with Gasteiger partial charge in [0.2, 0.25) is 5.82 Å². The minimum Gasteiger partial charge on any atom is -0.358 e. The molecular weight excluding hydrogens is 334 g/mol. The molecule has 0 radical (unpaired) electrons. The average molecular weight is 344 g/mol. The molecular formula is C14H10ClN7O2. The molecule has 2 aromatic heterocycles. The first-order chi connectivity index (χ1) is 11.5. The third kappa shape index (κ3) is 3.25. The van der Waals surface area contributed by atoms with Crippen LogP contribution in [0.2, 0.25) is 5.02 Å². The second-order valence-electron chi connectivity index (χ2n) is 4.67. The molecule has 24 heavy (non-hydrogen) atoms. The van der Waals surface area contributed by atoms with E-state index in [0.29, 0.717) is 16.5 Å². The largest absolute Gasteiger partial charge is 0.358 e. The van der Waals surface area contributed by atoms with Crippen molar-refractivity contribution in [2.45, 2.75) is 0 Å². The van der Waals surface area contributed by atoms with Gasteiger partial charge in [-0.1, -0.05) is 11.6 Å². The molecule has 0 atom stereocenters. The fourth-order valence-electron chi connectivity index (χ4n) is 1.91. The molecule has 0 unspecified atom stereocenters. The second kappa shape index (κ2) is 6.50. The number of imidazole rings is 1. The van der Waals surface area contributed by atoms with Crippen molar-refractivity contribution in [1.29, 1.82) is 0 Å². The molecule has 0 aliphatic rings. The fraction of sp³-hybridized carbons (Fsp3) is 0.0714. The summed E-state index contributed by atoms with van der Waals surface area (Å²) in [7, 11) is 1.52. The van der Waals surface area contributed by atoms with Gasteiger partial charge in [0.25, 0.3) is 5.82 Å². The number of halogens is 1. The van der Waals surface area contributed by atoms with E-state index >= 15 is 0 Å². The van der Waals surface area contributed by atoms with Crippen molar-refractivity contribution < 1.29 is 4.92 Å². The highest BCUT2D eigenvalue weighted by molar-refractivity contribution is 6.30. The number of rotatable bonds is 4. The summed E-state index contributed by atoms with van der Waals surface area (Å²) in [5.74, 6) is 0.644. The Labute approximate surface area is 140 Å². The molecule has 2 heterocycles. The molecule has 120 valence electrons. The fourth-order valence-corrected chi connectivity index (χ4v) is 2.03. The molecule has 10 heteroatoms. The number of hydrogen-bond acceptors (Lipinski definition) is 7. The Morgan fingerprint density at radius 3 is 2.58 bits per heavy atom. The Morgan fingerprint density at radius 2 is 1.92 bits per heavy atom. The van der Waals surface area contributed by atoms with Gasteiger partial charge in [0, 0.05) is 17.3 Å². The van der Waals surface area contributed by atoms with E-state index in [1.165, 1.54) is 17.8 Å². The van der Waals surface area contributed by atoms with E-state index in [1.54, 1.807) is 30.3 Å². The first-order valence-electron chi connectivity index (χ1n) is 6.71. The van der Waals surface area contributed by atoms with Crippen LogP contribution in [0.1, 0.15) is 0 Å². The number of aromatic nitrogens is 4. The van der Waals surface area contributed by atoms with Gasteiger partial charge in [-0.15, -0.1) is 10.2 Å². The van der Waals surface area contributed by atoms with Gasteiger partial charge < -0.3 is 10.1 Å². The monoisotopic (exact) mass is 343 g/mol. The maximum Gasteiger partial charge on any atom is 0.343 e. The lowest BCUT2D eigenvalue weighted by molar-refractivity contribution is -0.391. The predicted octanol–water partition coefficient (Wildman–Crippen LogP) is 3.85. The van der Waals surface area contributed by atoms with Crippen molar-refractivity contribution in [2.24, 2.45) is 17.3 Å². The maximum atomic E-state index is 10.9. The van der Waals surface area contributed by atoms with E-state index in [2.05, 4.69) is 25.2 Å². The van der Waals surface area contributed by atoms with Gasteiger partial charge in [-0.05, 0) is 29.2 Å². The molecule has 0 aliphatic heterocycles. The summed E-state index contributed by atoms with van der Waals surface area (Å²) in [4.78, 5) is 22.6. The zero-order valence-electron chi connectivity index (χ0n) is 12.4. The van der Waals surface area contributed by atoms with Crippen molar-refractivity contribution in [3.05, 3.63) is 57.9 Å². The summed E-state index contributed by atoms with van der Waals surface area (Å²) in [5.41, 5.74) is 0.618. The van der Waals surface area contributed by atoms with Crippen LogP contribution in [0.3, 0.4) is 0 Å². The van der Waals surface area contributed by atoms with E-state index < -0.39 is 4.92 Å².